The van der Waals surface area contributed by atoms with Crippen molar-refractivity contribution in [3.63, 3.8) is 0 Å². The summed E-state index contributed by atoms with van der Waals surface area (Å²) in [4.78, 5) is 19.0. The number of amides is 1. The number of aliphatic imine (C=N–C) groups is 1. The number of fused-ring (bicyclic) bond motifs is 2. The van der Waals surface area contributed by atoms with Crippen LogP contribution >= 0.6 is 0 Å². The average molecular weight is 315 g/mol. The molecule has 2 aliphatic heterocycles. The van der Waals surface area contributed by atoms with Gasteiger partial charge in [-0.15, -0.1) is 0 Å². The predicted octanol–water partition coefficient (Wildman–Crippen LogP) is 2.57. The van der Waals surface area contributed by atoms with Crippen LogP contribution in [0.2, 0.25) is 0 Å². The number of hydrogen-bond donors (Lipinski definition) is 1. The Labute approximate surface area is 137 Å². The third-order valence-electron chi connectivity index (χ3n) is 4.68. The van der Waals surface area contributed by atoms with Crippen molar-refractivity contribution in [3.8, 4) is 5.75 Å². The molecule has 5 nitrogen and oxygen atoms in total. The SMILES string of the molecule is CCCCc1ccc2c(c1)C1(CC(C)(C)O2)N=C(N)N(C)C1=O. The van der Waals surface area contributed by atoms with E-state index < -0.39 is 11.1 Å². The predicted molar refractivity (Wildman–Crippen MR) is 90.4 cm³/mol. The fourth-order valence-corrected chi connectivity index (χ4v) is 3.56. The topological polar surface area (TPSA) is 67.9 Å². The highest BCUT2D eigenvalue weighted by Crippen LogP contribution is 2.49. The molecule has 0 fully saturated rings. The standard InChI is InChI=1S/C18H25N3O2/c1-5-6-7-12-8-9-14-13(10-12)18(11-17(2,3)23-14)15(22)21(4)16(19)20-18/h8-10H,5-7,11H2,1-4H3,(H2,19,20). The summed E-state index contributed by atoms with van der Waals surface area (Å²) in [5.74, 6) is 0.944. The van der Waals surface area contributed by atoms with E-state index in [9.17, 15) is 4.79 Å². The van der Waals surface area contributed by atoms with E-state index in [1.807, 2.05) is 19.9 Å². The van der Waals surface area contributed by atoms with E-state index in [-0.39, 0.29) is 11.9 Å². The molecule has 1 amide bonds. The number of nitrogens with zero attached hydrogens (tertiary/aromatic N) is 2. The van der Waals surface area contributed by atoms with Crippen molar-refractivity contribution in [2.24, 2.45) is 10.7 Å². The summed E-state index contributed by atoms with van der Waals surface area (Å²) < 4.78 is 6.10. The zero-order valence-electron chi connectivity index (χ0n) is 14.3. The van der Waals surface area contributed by atoms with Crippen LogP contribution < -0.4 is 10.5 Å². The van der Waals surface area contributed by atoms with Gasteiger partial charge in [-0.2, -0.15) is 0 Å². The van der Waals surface area contributed by atoms with Crippen LogP contribution in [0.5, 0.6) is 5.75 Å². The summed E-state index contributed by atoms with van der Waals surface area (Å²) in [5, 5.41) is 0. The first-order chi connectivity index (χ1) is 10.8. The van der Waals surface area contributed by atoms with Gasteiger partial charge in [0.05, 0.1) is 0 Å². The second kappa shape index (κ2) is 5.25. The maximum atomic E-state index is 12.9. The number of hydrogen-bond acceptors (Lipinski definition) is 4. The minimum atomic E-state index is -0.946. The van der Waals surface area contributed by atoms with E-state index in [2.05, 4.69) is 24.0 Å². The molecule has 23 heavy (non-hydrogen) atoms. The molecule has 124 valence electrons. The van der Waals surface area contributed by atoms with E-state index >= 15 is 0 Å². The van der Waals surface area contributed by atoms with Crippen molar-refractivity contribution < 1.29 is 9.53 Å². The monoisotopic (exact) mass is 315 g/mol. The van der Waals surface area contributed by atoms with Crippen LogP contribution in [-0.4, -0.2) is 29.4 Å². The zero-order chi connectivity index (χ0) is 16.8. The number of likely N-dealkylation sites (N-methyl/N-ethyl adjacent to an activating group) is 1. The van der Waals surface area contributed by atoms with Gasteiger partial charge in [0.1, 0.15) is 11.4 Å². The molecule has 1 atom stereocenters. The highest BCUT2D eigenvalue weighted by molar-refractivity contribution is 6.07. The second-order valence-corrected chi connectivity index (χ2v) is 7.17. The molecule has 0 saturated heterocycles. The van der Waals surface area contributed by atoms with Gasteiger partial charge in [0.25, 0.3) is 5.91 Å². The van der Waals surface area contributed by atoms with Gasteiger partial charge in [-0.1, -0.05) is 19.4 Å². The van der Waals surface area contributed by atoms with Crippen molar-refractivity contribution >= 4 is 11.9 Å². The van der Waals surface area contributed by atoms with Crippen LogP contribution in [0.1, 0.15) is 51.2 Å². The van der Waals surface area contributed by atoms with E-state index in [4.69, 9.17) is 10.5 Å². The molecule has 0 bridgehead atoms. The molecule has 0 saturated carbocycles. The van der Waals surface area contributed by atoms with Gasteiger partial charge in [0, 0.05) is 19.0 Å². The van der Waals surface area contributed by atoms with Crippen molar-refractivity contribution in [1.82, 2.24) is 4.90 Å². The number of ether oxygens (including phenoxy) is 1. The number of carbonyl (C=O) groups is 1. The quantitative estimate of drug-likeness (QED) is 0.932. The fraction of sp³-hybridized carbons (Fsp3) is 0.556. The van der Waals surface area contributed by atoms with Gasteiger partial charge >= 0.3 is 0 Å². The Bertz CT molecular complexity index is 681. The lowest BCUT2D eigenvalue weighted by atomic mass is 9.77. The summed E-state index contributed by atoms with van der Waals surface area (Å²) in [6.07, 6.45) is 3.75. The Hall–Kier alpha value is -2.04. The summed E-state index contributed by atoms with van der Waals surface area (Å²) in [6.45, 7) is 6.14. The molecule has 1 aromatic rings. The molecule has 2 N–H and O–H groups in total. The van der Waals surface area contributed by atoms with Crippen molar-refractivity contribution in [2.45, 2.75) is 57.6 Å². The molecule has 1 spiro atoms. The minimum absolute atomic E-state index is 0.0692. The third-order valence-corrected chi connectivity index (χ3v) is 4.68. The summed E-state index contributed by atoms with van der Waals surface area (Å²) in [6, 6.07) is 6.13. The van der Waals surface area contributed by atoms with Gasteiger partial charge in [-0.05, 0) is 44.4 Å². The fourth-order valence-electron chi connectivity index (χ4n) is 3.56. The van der Waals surface area contributed by atoms with Gasteiger partial charge in [-0.3, -0.25) is 9.69 Å². The van der Waals surface area contributed by atoms with Gasteiger partial charge in [0.15, 0.2) is 11.5 Å². The van der Waals surface area contributed by atoms with E-state index in [0.717, 1.165) is 30.6 Å². The van der Waals surface area contributed by atoms with Gasteiger partial charge in [-0.25, -0.2) is 4.99 Å². The van der Waals surface area contributed by atoms with Crippen molar-refractivity contribution in [3.05, 3.63) is 29.3 Å². The molecule has 2 heterocycles. The van der Waals surface area contributed by atoms with Crippen LogP contribution in [0.4, 0.5) is 0 Å². The molecule has 1 unspecified atom stereocenters. The Morgan fingerprint density at radius 2 is 2.13 bits per heavy atom. The number of benzene rings is 1. The number of carbonyl (C=O) groups excluding carboxylic acids is 1. The molecule has 5 heteroatoms. The van der Waals surface area contributed by atoms with E-state index in [1.54, 1.807) is 7.05 Å². The molecule has 2 aliphatic rings. The number of aryl methyl sites for hydroxylation is 1. The molecule has 0 aliphatic carbocycles. The Kier molecular flexibility index (Phi) is 3.62. The van der Waals surface area contributed by atoms with Crippen LogP contribution in [-0.2, 0) is 16.8 Å². The molecule has 0 aromatic heterocycles. The Morgan fingerprint density at radius 3 is 2.74 bits per heavy atom. The first-order valence-electron chi connectivity index (χ1n) is 8.25. The van der Waals surface area contributed by atoms with Crippen LogP contribution in [0.25, 0.3) is 0 Å². The van der Waals surface area contributed by atoms with Gasteiger partial charge in [0.2, 0.25) is 0 Å². The minimum Gasteiger partial charge on any atom is -0.487 e. The average Bonchev–Trinajstić information content (AvgIpc) is 2.69. The normalized spacial score (nSPS) is 25.3. The van der Waals surface area contributed by atoms with Gasteiger partial charge < -0.3 is 10.5 Å². The summed E-state index contributed by atoms with van der Waals surface area (Å²) in [5.41, 5.74) is 6.60. The highest BCUT2D eigenvalue weighted by atomic mass is 16.5. The lowest BCUT2D eigenvalue weighted by Gasteiger charge is -2.41. The van der Waals surface area contributed by atoms with E-state index in [0.29, 0.717) is 6.42 Å². The highest BCUT2D eigenvalue weighted by Gasteiger charge is 2.55. The summed E-state index contributed by atoms with van der Waals surface area (Å²) >= 11 is 0. The number of guanidine groups is 1. The van der Waals surface area contributed by atoms with Crippen LogP contribution in [0.15, 0.2) is 23.2 Å². The van der Waals surface area contributed by atoms with Crippen LogP contribution in [0.3, 0.4) is 0 Å². The number of nitrogens with two attached hydrogens (primary N) is 1. The smallest absolute Gasteiger partial charge is 0.261 e. The Balaban J connectivity index is 2.14. The second-order valence-electron chi connectivity index (χ2n) is 7.17. The zero-order valence-corrected chi connectivity index (χ0v) is 14.3. The number of unbranched alkanes of at least 4 members (excludes halogenated alkanes) is 1. The van der Waals surface area contributed by atoms with Crippen molar-refractivity contribution in [2.75, 3.05) is 7.05 Å². The Morgan fingerprint density at radius 1 is 1.39 bits per heavy atom. The first-order valence-corrected chi connectivity index (χ1v) is 8.25. The van der Waals surface area contributed by atoms with Crippen molar-refractivity contribution in [1.29, 1.82) is 0 Å². The summed E-state index contributed by atoms with van der Waals surface area (Å²) in [7, 11) is 1.68. The van der Waals surface area contributed by atoms with Crippen LogP contribution in [0, 0.1) is 0 Å². The molecular formula is C18H25N3O2. The lowest BCUT2D eigenvalue weighted by molar-refractivity contribution is -0.133. The first kappa shape index (κ1) is 15.8. The third kappa shape index (κ3) is 2.48. The van der Waals surface area contributed by atoms with E-state index in [1.165, 1.54) is 10.5 Å². The largest absolute Gasteiger partial charge is 0.487 e. The molecule has 0 radical (unpaired) electrons. The molecule has 1 aromatic carbocycles. The maximum absolute atomic E-state index is 12.9. The molecular weight excluding hydrogens is 290 g/mol. The lowest BCUT2D eigenvalue weighted by Crippen LogP contribution is -2.49. The number of rotatable bonds is 3. The maximum Gasteiger partial charge on any atom is 0.261 e. The molecule has 3 rings (SSSR count).